The molecular weight excluding hydrogens is 181 g/mol. The monoisotopic (exact) mass is 197 g/mol. The van der Waals surface area contributed by atoms with Crippen LogP contribution in [0.3, 0.4) is 0 Å². The zero-order valence-electron chi connectivity index (χ0n) is 8.63. The van der Waals surface area contributed by atoms with Crippen LogP contribution in [0, 0.1) is 5.82 Å². The molecule has 0 bridgehead atoms. The van der Waals surface area contributed by atoms with Gasteiger partial charge in [-0.15, -0.1) is 0 Å². The van der Waals surface area contributed by atoms with E-state index in [0.29, 0.717) is 6.54 Å². The number of pyridine rings is 1. The van der Waals surface area contributed by atoms with E-state index >= 15 is 0 Å². The molecule has 0 saturated carbocycles. The average molecular weight is 197 g/mol. The van der Waals surface area contributed by atoms with Crippen molar-refractivity contribution in [1.82, 2.24) is 15.2 Å². The minimum atomic E-state index is -0.281. The molecule has 0 amide bonds. The van der Waals surface area contributed by atoms with E-state index in [-0.39, 0.29) is 5.82 Å². The number of hydrogen-bond acceptors (Lipinski definition) is 3. The maximum Gasteiger partial charge on any atom is 0.141 e. The van der Waals surface area contributed by atoms with Crippen molar-refractivity contribution < 1.29 is 4.39 Å². The van der Waals surface area contributed by atoms with Crippen LogP contribution in [0.4, 0.5) is 4.39 Å². The molecule has 1 rings (SSSR count). The summed E-state index contributed by atoms with van der Waals surface area (Å²) in [6.45, 7) is 2.53. The van der Waals surface area contributed by atoms with Gasteiger partial charge in [0.05, 0.1) is 6.20 Å². The van der Waals surface area contributed by atoms with Crippen LogP contribution in [0.15, 0.2) is 18.5 Å². The number of nitrogens with one attached hydrogen (secondary N) is 1. The number of hydrogen-bond donors (Lipinski definition) is 1. The Morgan fingerprint density at radius 1 is 1.43 bits per heavy atom. The summed E-state index contributed by atoms with van der Waals surface area (Å²) in [5.74, 6) is -0.281. The molecule has 3 nitrogen and oxygen atoms in total. The Morgan fingerprint density at radius 3 is 2.86 bits per heavy atom. The Labute approximate surface area is 84.0 Å². The summed E-state index contributed by atoms with van der Waals surface area (Å²) in [6.07, 6.45) is 2.88. The fraction of sp³-hybridized carbons (Fsp3) is 0.500. The van der Waals surface area contributed by atoms with Crippen molar-refractivity contribution in [2.75, 3.05) is 27.2 Å². The molecule has 1 heterocycles. The lowest BCUT2D eigenvalue weighted by atomic mass is 10.3. The number of aromatic nitrogens is 1. The maximum absolute atomic E-state index is 12.7. The second-order valence-corrected chi connectivity index (χ2v) is 3.49. The van der Waals surface area contributed by atoms with Gasteiger partial charge in [0.2, 0.25) is 0 Å². The molecule has 0 aromatic carbocycles. The summed E-state index contributed by atoms with van der Waals surface area (Å²) < 4.78 is 12.7. The zero-order valence-corrected chi connectivity index (χ0v) is 8.63. The van der Waals surface area contributed by atoms with Crippen molar-refractivity contribution in [3.05, 3.63) is 29.8 Å². The summed E-state index contributed by atoms with van der Waals surface area (Å²) in [6, 6.07) is 1.50. The fourth-order valence-electron chi connectivity index (χ4n) is 1.09. The lowest BCUT2D eigenvalue weighted by Gasteiger charge is -2.10. The topological polar surface area (TPSA) is 28.2 Å². The Balaban J connectivity index is 2.25. The van der Waals surface area contributed by atoms with Crippen molar-refractivity contribution in [2.24, 2.45) is 0 Å². The van der Waals surface area contributed by atoms with Crippen LogP contribution in [0.1, 0.15) is 5.56 Å². The van der Waals surface area contributed by atoms with Crippen LogP contribution in [-0.2, 0) is 6.54 Å². The summed E-state index contributed by atoms with van der Waals surface area (Å²) in [4.78, 5) is 5.87. The molecule has 0 aliphatic rings. The maximum atomic E-state index is 12.7. The largest absolute Gasteiger partial charge is 0.311 e. The molecule has 0 fully saturated rings. The molecule has 0 aliphatic heterocycles. The van der Waals surface area contributed by atoms with Gasteiger partial charge < -0.3 is 10.2 Å². The van der Waals surface area contributed by atoms with E-state index in [1.807, 2.05) is 14.1 Å². The second kappa shape index (κ2) is 5.67. The smallest absolute Gasteiger partial charge is 0.141 e. The molecule has 0 spiro atoms. The molecule has 0 saturated heterocycles. The molecule has 4 heteroatoms. The molecule has 0 aliphatic carbocycles. The standard InChI is InChI=1S/C10H16FN3/c1-14(2)4-3-12-6-9-5-10(11)8-13-7-9/h5,7-8,12H,3-4,6H2,1-2H3. The number of halogens is 1. The van der Waals surface area contributed by atoms with E-state index in [4.69, 9.17) is 0 Å². The van der Waals surface area contributed by atoms with Crippen molar-refractivity contribution in [3.63, 3.8) is 0 Å². The Bertz CT molecular complexity index is 276. The number of nitrogens with zero attached hydrogens (tertiary/aromatic N) is 2. The predicted molar refractivity (Wildman–Crippen MR) is 54.5 cm³/mol. The van der Waals surface area contributed by atoms with Gasteiger partial charge in [-0.3, -0.25) is 4.98 Å². The lowest BCUT2D eigenvalue weighted by molar-refractivity contribution is 0.400. The van der Waals surface area contributed by atoms with Crippen LogP contribution >= 0.6 is 0 Å². The molecule has 1 aromatic rings. The quantitative estimate of drug-likeness (QED) is 0.710. The first kappa shape index (κ1) is 11.1. The Hall–Kier alpha value is -1.00. The van der Waals surface area contributed by atoms with E-state index in [0.717, 1.165) is 18.7 Å². The second-order valence-electron chi connectivity index (χ2n) is 3.49. The van der Waals surface area contributed by atoms with Gasteiger partial charge in [0.25, 0.3) is 0 Å². The van der Waals surface area contributed by atoms with Gasteiger partial charge in [-0.05, 0) is 25.7 Å². The third-order valence-electron chi connectivity index (χ3n) is 1.83. The number of likely N-dealkylation sites (N-methyl/N-ethyl adjacent to an activating group) is 1. The SMILES string of the molecule is CN(C)CCNCc1cncc(F)c1. The highest BCUT2D eigenvalue weighted by atomic mass is 19.1. The van der Waals surface area contributed by atoms with Gasteiger partial charge in [0.15, 0.2) is 0 Å². The number of rotatable bonds is 5. The normalized spacial score (nSPS) is 10.9. The van der Waals surface area contributed by atoms with Gasteiger partial charge in [-0.2, -0.15) is 0 Å². The fourth-order valence-corrected chi connectivity index (χ4v) is 1.09. The molecule has 1 N–H and O–H groups in total. The average Bonchev–Trinajstić information content (AvgIpc) is 2.12. The molecule has 1 aromatic heterocycles. The van der Waals surface area contributed by atoms with E-state index < -0.39 is 0 Å². The van der Waals surface area contributed by atoms with Gasteiger partial charge in [-0.1, -0.05) is 0 Å². The van der Waals surface area contributed by atoms with Crippen molar-refractivity contribution in [1.29, 1.82) is 0 Å². The molecular formula is C10H16FN3. The molecule has 0 unspecified atom stereocenters. The van der Waals surface area contributed by atoms with Crippen molar-refractivity contribution in [3.8, 4) is 0 Å². The van der Waals surface area contributed by atoms with E-state index in [9.17, 15) is 4.39 Å². The minimum absolute atomic E-state index is 0.281. The predicted octanol–water partition coefficient (Wildman–Crippen LogP) is 0.872. The van der Waals surface area contributed by atoms with Crippen LogP contribution < -0.4 is 5.32 Å². The van der Waals surface area contributed by atoms with Gasteiger partial charge in [0, 0.05) is 25.8 Å². The first-order chi connectivity index (χ1) is 6.68. The summed E-state index contributed by atoms with van der Waals surface area (Å²) in [7, 11) is 4.04. The first-order valence-electron chi connectivity index (χ1n) is 4.63. The molecule has 0 radical (unpaired) electrons. The molecule has 14 heavy (non-hydrogen) atoms. The third kappa shape index (κ3) is 4.30. The minimum Gasteiger partial charge on any atom is -0.311 e. The van der Waals surface area contributed by atoms with Crippen molar-refractivity contribution >= 4 is 0 Å². The van der Waals surface area contributed by atoms with Crippen LogP contribution in [0.2, 0.25) is 0 Å². The Kier molecular flexibility index (Phi) is 4.49. The van der Waals surface area contributed by atoms with Crippen LogP contribution in [0.25, 0.3) is 0 Å². The van der Waals surface area contributed by atoms with E-state index in [1.54, 1.807) is 6.20 Å². The summed E-state index contributed by atoms with van der Waals surface area (Å²) in [5.41, 5.74) is 0.878. The van der Waals surface area contributed by atoms with Gasteiger partial charge in [-0.25, -0.2) is 4.39 Å². The summed E-state index contributed by atoms with van der Waals surface area (Å²) >= 11 is 0. The highest BCUT2D eigenvalue weighted by Gasteiger charge is 1.95. The summed E-state index contributed by atoms with van der Waals surface area (Å²) in [5, 5.41) is 3.21. The van der Waals surface area contributed by atoms with Crippen LogP contribution in [-0.4, -0.2) is 37.1 Å². The Morgan fingerprint density at radius 2 is 2.21 bits per heavy atom. The lowest BCUT2D eigenvalue weighted by Crippen LogP contribution is -2.26. The molecule has 0 atom stereocenters. The highest BCUT2D eigenvalue weighted by molar-refractivity contribution is 5.09. The van der Waals surface area contributed by atoms with E-state index in [2.05, 4.69) is 15.2 Å². The van der Waals surface area contributed by atoms with Gasteiger partial charge >= 0.3 is 0 Å². The zero-order chi connectivity index (χ0) is 10.4. The van der Waals surface area contributed by atoms with Crippen molar-refractivity contribution in [2.45, 2.75) is 6.54 Å². The van der Waals surface area contributed by atoms with Gasteiger partial charge in [0.1, 0.15) is 5.82 Å². The van der Waals surface area contributed by atoms with Crippen LogP contribution in [0.5, 0.6) is 0 Å². The molecule has 78 valence electrons. The first-order valence-corrected chi connectivity index (χ1v) is 4.63. The third-order valence-corrected chi connectivity index (χ3v) is 1.83. The highest BCUT2D eigenvalue weighted by Crippen LogP contribution is 1.99. The van der Waals surface area contributed by atoms with E-state index in [1.165, 1.54) is 12.3 Å².